The van der Waals surface area contributed by atoms with Crippen molar-refractivity contribution in [2.45, 2.75) is 26.8 Å². The monoisotopic (exact) mass is 336 g/mol. The predicted octanol–water partition coefficient (Wildman–Crippen LogP) is 4.84. The second-order valence-corrected chi connectivity index (χ2v) is 5.43. The van der Waals surface area contributed by atoms with Gasteiger partial charge in [-0.25, -0.2) is 4.39 Å². The van der Waals surface area contributed by atoms with Gasteiger partial charge in [-0.15, -0.1) is 0 Å². The van der Waals surface area contributed by atoms with Gasteiger partial charge < -0.3 is 9.73 Å². The standard InChI is InChI=1S/C15H14BrFN2O/c1-8-6-12(10(3)20-8)9(2)19-13-5-4-11(7-18)14(16)15(13)17/h4-6,9,19H,1-3H3. The summed E-state index contributed by atoms with van der Waals surface area (Å²) in [7, 11) is 0. The van der Waals surface area contributed by atoms with Crippen LogP contribution in [0.2, 0.25) is 0 Å². The second-order valence-electron chi connectivity index (χ2n) is 4.64. The number of benzene rings is 1. The average Bonchev–Trinajstić information content (AvgIpc) is 2.74. The van der Waals surface area contributed by atoms with Crippen molar-refractivity contribution in [2.75, 3.05) is 5.32 Å². The zero-order valence-electron chi connectivity index (χ0n) is 11.4. The van der Waals surface area contributed by atoms with Crippen LogP contribution in [0.5, 0.6) is 0 Å². The number of aryl methyl sites for hydroxylation is 2. The largest absolute Gasteiger partial charge is 0.466 e. The van der Waals surface area contributed by atoms with Crippen molar-refractivity contribution in [1.82, 2.24) is 0 Å². The van der Waals surface area contributed by atoms with Crippen LogP contribution in [0.15, 0.2) is 27.1 Å². The van der Waals surface area contributed by atoms with E-state index in [2.05, 4.69) is 21.2 Å². The Kier molecular flexibility index (Phi) is 4.15. The van der Waals surface area contributed by atoms with E-state index in [4.69, 9.17) is 9.68 Å². The number of halogens is 2. The van der Waals surface area contributed by atoms with Crippen molar-refractivity contribution in [3.63, 3.8) is 0 Å². The number of nitriles is 1. The topological polar surface area (TPSA) is 49.0 Å². The molecular weight excluding hydrogens is 323 g/mol. The molecule has 0 bridgehead atoms. The highest BCUT2D eigenvalue weighted by atomic mass is 79.9. The van der Waals surface area contributed by atoms with E-state index in [1.807, 2.05) is 32.9 Å². The Labute approximate surface area is 125 Å². The fraction of sp³-hybridized carbons (Fsp3) is 0.267. The van der Waals surface area contributed by atoms with E-state index in [1.165, 1.54) is 0 Å². The maximum Gasteiger partial charge on any atom is 0.161 e. The molecule has 20 heavy (non-hydrogen) atoms. The molecule has 1 aromatic carbocycles. The SMILES string of the molecule is Cc1cc(C(C)Nc2ccc(C#N)c(Br)c2F)c(C)o1. The third-order valence-electron chi connectivity index (χ3n) is 3.12. The maximum absolute atomic E-state index is 14.1. The molecule has 1 atom stereocenters. The highest BCUT2D eigenvalue weighted by Gasteiger charge is 2.16. The number of hydrogen-bond acceptors (Lipinski definition) is 3. The van der Waals surface area contributed by atoms with Crippen LogP contribution < -0.4 is 5.32 Å². The number of furan rings is 1. The van der Waals surface area contributed by atoms with Gasteiger partial charge in [0.2, 0.25) is 0 Å². The minimum Gasteiger partial charge on any atom is -0.466 e. The molecule has 0 spiro atoms. The lowest BCUT2D eigenvalue weighted by atomic mass is 10.1. The number of rotatable bonds is 3. The van der Waals surface area contributed by atoms with E-state index >= 15 is 0 Å². The Balaban J connectivity index is 2.29. The maximum atomic E-state index is 14.1. The molecule has 104 valence electrons. The molecule has 1 aromatic heterocycles. The highest BCUT2D eigenvalue weighted by molar-refractivity contribution is 9.10. The molecule has 0 aliphatic heterocycles. The molecule has 0 saturated heterocycles. The summed E-state index contributed by atoms with van der Waals surface area (Å²) >= 11 is 3.10. The summed E-state index contributed by atoms with van der Waals surface area (Å²) in [5.41, 5.74) is 1.61. The predicted molar refractivity (Wildman–Crippen MR) is 79.0 cm³/mol. The van der Waals surface area contributed by atoms with E-state index in [1.54, 1.807) is 12.1 Å². The van der Waals surface area contributed by atoms with Crippen LogP contribution in [0.4, 0.5) is 10.1 Å². The first-order valence-electron chi connectivity index (χ1n) is 6.15. The minimum atomic E-state index is -0.464. The van der Waals surface area contributed by atoms with E-state index in [-0.39, 0.29) is 16.1 Å². The summed E-state index contributed by atoms with van der Waals surface area (Å²) in [5, 5.41) is 12.0. The zero-order chi connectivity index (χ0) is 14.9. The Bertz CT molecular complexity index is 688. The molecule has 0 aliphatic carbocycles. The first-order valence-corrected chi connectivity index (χ1v) is 6.95. The van der Waals surface area contributed by atoms with Crippen molar-refractivity contribution in [2.24, 2.45) is 0 Å². The number of nitrogens with one attached hydrogen (secondary N) is 1. The molecule has 1 heterocycles. The molecule has 0 aliphatic rings. The van der Waals surface area contributed by atoms with Gasteiger partial charge in [-0.2, -0.15) is 5.26 Å². The molecule has 1 N–H and O–H groups in total. The molecule has 5 heteroatoms. The lowest BCUT2D eigenvalue weighted by Gasteiger charge is -2.16. The number of hydrogen-bond donors (Lipinski definition) is 1. The third kappa shape index (κ3) is 2.70. The fourth-order valence-corrected chi connectivity index (χ4v) is 2.57. The van der Waals surface area contributed by atoms with Crippen LogP contribution in [0, 0.1) is 31.0 Å². The second kappa shape index (κ2) is 5.68. The lowest BCUT2D eigenvalue weighted by Crippen LogP contribution is -2.08. The van der Waals surface area contributed by atoms with Crippen LogP contribution in [-0.4, -0.2) is 0 Å². The van der Waals surface area contributed by atoms with E-state index in [0.717, 1.165) is 17.1 Å². The summed E-state index contributed by atoms with van der Waals surface area (Å²) < 4.78 is 19.8. The summed E-state index contributed by atoms with van der Waals surface area (Å²) in [6.07, 6.45) is 0. The lowest BCUT2D eigenvalue weighted by molar-refractivity contribution is 0.499. The van der Waals surface area contributed by atoms with Crippen molar-refractivity contribution in [3.05, 3.63) is 51.1 Å². The third-order valence-corrected chi connectivity index (χ3v) is 3.90. The van der Waals surface area contributed by atoms with Gasteiger partial charge in [-0.3, -0.25) is 0 Å². The van der Waals surface area contributed by atoms with Crippen LogP contribution >= 0.6 is 15.9 Å². The van der Waals surface area contributed by atoms with Gasteiger partial charge in [0.1, 0.15) is 17.6 Å². The molecule has 2 rings (SSSR count). The first-order chi connectivity index (χ1) is 9.43. The summed E-state index contributed by atoms with van der Waals surface area (Å²) in [4.78, 5) is 0. The van der Waals surface area contributed by atoms with Gasteiger partial charge in [0.25, 0.3) is 0 Å². The molecule has 0 fully saturated rings. The summed E-state index contributed by atoms with van der Waals surface area (Å²) in [5.74, 6) is 1.18. The van der Waals surface area contributed by atoms with Crippen LogP contribution in [-0.2, 0) is 0 Å². The molecule has 2 aromatic rings. The number of anilines is 1. The summed E-state index contributed by atoms with van der Waals surface area (Å²) in [6, 6.07) is 6.92. The van der Waals surface area contributed by atoms with Gasteiger partial charge in [0.15, 0.2) is 5.82 Å². The molecule has 3 nitrogen and oxygen atoms in total. The molecule has 0 saturated carbocycles. The normalized spacial score (nSPS) is 12.0. The summed E-state index contributed by atoms with van der Waals surface area (Å²) in [6.45, 7) is 5.69. The van der Waals surface area contributed by atoms with Crippen LogP contribution in [0.25, 0.3) is 0 Å². The van der Waals surface area contributed by atoms with Gasteiger partial charge in [0, 0.05) is 5.56 Å². The van der Waals surface area contributed by atoms with E-state index in [9.17, 15) is 4.39 Å². The van der Waals surface area contributed by atoms with Crippen LogP contribution in [0.1, 0.15) is 35.6 Å². The van der Waals surface area contributed by atoms with Crippen molar-refractivity contribution < 1.29 is 8.81 Å². The first kappa shape index (κ1) is 14.6. The Morgan fingerprint density at radius 3 is 2.65 bits per heavy atom. The zero-order valence-corrected chi connectivity index (χ0v) is 13.0. The van der Waals surface area contributed by atoms with Crippen LogP contribution in [0.3, 0.4) is 0 Å². The molecule has 0 radical (unpaired) electrons. The smallest absolute Gasteiger partial charge is 0.161 e. The van der Waals surface area contributed by atoms with Crippen molar-refractivity contribution in [1.29, 1.82) is 5.26 Å². The number of nitrogens with zero attached hydrogens (tertiary/aromatic N) is 1. The van der Waals surface area contributed by atoms with Gasteiger partial charge in [-0.1, -0.05) is 0 Å². The fourth-order valence-electron chi connectivity index (χ4n) is 2.14. The van der Waals surface area contributed by atoms with Gasteiger partial charge in [-0.05, 0) is 54.9 Å². The van der Waals surface area contributed by atoms with Crippen molar-refractivity contribution >= 4 is 21.6 Å². The molecule has 1 unspecified atom stereocenters. The Hall–Kier alpha value is -1.80. The quantitative estimate of drug-likeness (QED) is 0.872. The van der Waals surface area contributed by atoms with E-state index in [0.29, 0.717) is 5.69 Å². The Morgan fingerprint density at radius 2 is 2.10 bits per heavy atom. The molecular formula is C15H14BrFN2O. The average molecular weight is 337 g/mol. The molecule has 0 amide bonds. The highest BCUT2D eigenvalue weighted by Crippen LogP contribution is 2.30. The van der Waals surface area contributed by atoms with E-state index < -0.39 is 5.82 Å². The Morgan fingerprint density at radius 1 is 1.40 bits per heavy atom. The van der Waals surface area contributed by atoms with Gasteiger partial charge >= 0.3 is 0 Å². The van der Waals surface area contributed by atoms with Gasteiger partial charge in [0.05, 0.1) is 21.8 Å². The van der Waals surface area contributed by atoms with Crippen molar-refractivity contribution in [3.8, 4) is 6.07 Å². The minimum absolute atomic E-state index is 0.0956.